The van der Waals surface area contributed by atoms with Gasteiger partial charge in [0.1, 0.15) is 0 Å². The number of benzene rings is 1. The Kier molecular flexibility index (Phi) is 5.07. The second-order valence-electron chi connectivity index (χ2n) is 6.51. The van der Waals surface area contributed by atoms with Crippen LogP contribution >= 0.6 is 11.6 Å². The van der Waals surface area contributed by atoms with Crippen molar-refractivity contribution in [3.05, 3.63) is 28.8 Å². The third-order valence-electron chi connectivity index (χ3n) is 5.14. The molecule has 21 heavy (non-hydrogen) atoms. The predicted octanol–water partition coefficient (Wildman–Crippen LogP) is 4.61. The molecule has 0 spiro atoms. The summed E-state index contributed by atoms with van der Waals surface area (Å²) in [5.41, 5.74) is 2.54. The number of hydrogen-bond donors (Lipinski definition) is 1. The van der Waals surface area contributed by atoms with E-state index in [1.54, 1.807) is 0 Å². The first-order valence-electron chi connectivity index (χ1n) is 8.55. The second-order valence-corrected chi connectivity index (χ2v) is 6.92. The SMILES string of the molecule is CCNCc1ccc(N2CCCC2C2CCCC2)c(Cl)c1. The van der Waals surface area contributed by atoms with E-state index in [0.717, 1.165) is 30.1 Å². The van der Waals surface area contributed by atoms with Gasteiger partial charge in [-0.2, -0.15) is 0 Å². The largest absolute Gasteiger partial charge is 0.367 e. The molecule has 0 radical (unpaired) electrons. The van der Waals surface area contributed by atoms with Crippen LogP contribution in [0.1, 0.15) is 51.0 Å². The third kappa shape index (κ3) is 3.37. The molecule has 0 aromatic heterocycles. The van der Waals surface area contributed by atoms with Crippen molar-refractivity contribution >= 4 is 17.3 Å². The van der Waals surface area contributed by atoms with E-state index in [1.165, 1.54) is 56.3 Å². The van der Waals surface area contributed by atoms with Gasteiger partial charge in [-0.05, 0) is 55.8 Å². The summed E-state index contributed by atoms with van der Waals surface area (Å²) in [6, 6.07) is 7.34. The Morgan fingerprint density at radius 3 is 2.71 bits per heavy atom. The van der Waals surface area contributed by atoms with E-state index in [2.05, 4.69) is 35.3 Å². The average Bonchev–Trinajstić information content (AvgIpc) is 3.15. The second kappa shape index (κ2) is 7.02. The van der Waals surface area contributed by atoms with Crippen LogP contribution in [0.15, 0.2) is 18.2 Å². The summed E-state index contributed by atoms with van der Waals surface area (Å²) in [5.74, 6) is 0.894. The molecule has 2 aliphatic rings. The molecule has 1 aromatic carbocycles. The van der Waals surface area contributed by atoms with Gasteiger partial charge in [-0.15, -0.1) is 0 Å². The molecule has 1 saturated carbocycles. The van der Waals surface area contributed by atoms with Crippen molar-refractivity contribution < 1.29 is 0 Å². The Bertz CT molecular complexity index is 468. The molecule has 2 fully saturated rings. The third-order valence-corrected chi connectivity index (χ3v) is 5.45. The number of anilines is 1. The lowest BCUT2D eigenvalue weighted by molar-refractivity contribution is 0.431. The zero-order valence-corrected chi connectivity index (χ0v) is 13.8. The molecule has 1 heterocycles. The molecular weight excluding hydrogens is 280 g/mol. The maximum atomic E-state index is 6.59. The van der Waals surface area contributed by atoms with Gasteiger partial charge in [0.25, 0.3) is 0 Å². The number of nitrogens with one attached hydrogen (secondary N) is 1. The summed E-state index contributed by atoms with van der Waals surface area (Å²) in [7, 11) is 0. The van der Waals surface area contributed by atoms with Gasteiger partial charge in [-0.1, -0.05) is 37.4 Å². The number of halogens is 1. The van der Waals surface area contributed by atoms with Crippen molar-refractivity contribution in [1.29, 1.82) is 0 Å². The molecule has 0 bridgehead atoms. The molecule has 1 aliphatic heterocycles. The van der Waals surface area contributed by atoms with Gasteiger partial charge in [0, 0.05) is 19.1 Å². The van der Waals surface area contributed by atoms with Gasteiger partial charge in [0.2, 0.25) is 0 Å². The lowest BCUT2D eigenvalue weighted by Gasteiger charge is -2.32. The molecule has 2 nitrogen and oxygen atoms in total. The first kappa shape index (κ1) is 15.2. The van der Waals surface area contributed by atoms with Crippen molar-refractivity contribution in [2.24, 2.45) is 5.92 Å². The van der Waals surface area contributed by atoms with Crippen molar-refractivity contribution in [1.82, 2.24) is 5.32 Å². The Hall–Kier alpha value is -0.730. The van der Waals surface area contributed by atoms with E-state index in [0.29, 0.717) is 0 Å². The molecule has 0 amide bonds. The van der Waals surface area contributed by atoms with Crippen LogP contribution in [0.4, 0.5) is 5.69 Å². The van der Waals surface area contributed by atoms with Gasteiger partial charge < -0.3 is 10.2 Å². The van der Waals surface area contributed by atoms with Crippen LogP contribution in [0, 0.1) is 5.92 Å². The average molecular weight is 307 g/mol. The summed E-state index contributed by atoms with van der Waals surface area (Å²) in [4.78, 5) is 2.59. The van der Waals surface area contributed by atoms with Crippen LogP contribution in [0.3, 0.4) is 0 Å². The summed E-state index contributed by atoms with van der Waals surface area (Å²) >= 11 is 6.59. The van der Waals surface area contributed by atoms with Crippen LogP contribution in [0.5, 0.6) is 0 Å². The normalized spacial score (nSPS) is 23.1. The molecule has 3 heteroatoms. The molecule has 3 rings (SSSR count). The Balaban J connectivity index is 1.75. The monoisotopic (exact) mass is 306 g/mol. The van der Waals surface area contributed by atoms with Crippen LogP contribution < -0.4 is 10.2 Å². The minimum atomic E-state index is 0.726. The standard InChI is InChI=1S/C18H27ClN2/c1-2-20-13-14-9-10-18(16(19)12-14)21-11-5-8-17(21)15-6-3-4-7-15/h9-10,12,15,17,20H,2-8,11,13H2,1H3. The van der Waals surface area contributed by atoms with Gasteiger partial charge >= 0.3 is 0 Å². The molecular formula is C18H27ClN2. The van der Waals surface area contributed by atoms with Crippen molar-refractivity contribution in [2.75, 3.05) is 18.0 Å². The van der Waals surface area contributed by atoms with Gasteiger partial charge in [0.15, 0.2) is 0 Å². The molecule has 1 saturated heterocycles. The molecule has 116 valence electrons. The summed E-state index contributed by atoms with van der Waals surface area (Å²) in [5, 5.41) is 4.29. The summed E-state index contributed by atoms with van der Waals surface area (Å²) in [6.45, 7) is 5.21. The van der Waals surface area contributed by atoms with Crippen LogP contribution in [-0.2, 0) is 6.54 Å². The van der Waals surface area contributed by atoms with Crippen LogP contribution in [0.25, 0.3) is 0 Å². The zero-order chi connectivity index (χ0) is 14.7. The van der Waals surface area contributed by atoms with Crippen LogP contribution in [0.2, 0.25) is 5.02 Å². The Morgan fingerprint density at radius 1 is 1.19 bits per heavy atom. The quantitative estimate of drug-likeness (QED) is 0.854. The number of nitrogens with zero attached hydrogens (tertiary/aromatic N) is 1. The molecule has 1 aromatic rings. The van der Waals surface area contributed by atoms with Gasteiger partial charge in [-0.25, -0.2) is 0 Å². The Labute approximate surface area is 133 Å². The van der Waals surface area contributed by atoms with E-state index in [-0.39, 0.29) is 0 Å². The van der Waals surface area contributed by atoms with Crippen LogP contribution in [-0.4, -0.2) is 19.1 Å². The summed E-state index contributed by atoms with van der Waals surface area (Å²) in [6.07, 6.45) is 8.33. The van der Waals surface area contributed by atoms with Crippen molar-refractivity contribution in [3.8, 4) is 0 Å². The highest BCUT2D eigenvalue weighted by Gasteiger charge is 2.34. The number of hydrogen-bond acceptors (Lipinski definition) is 2. The maximum Gasteiger partial charge on any atom is 0.0642 e. The van der Waals surface area contributed by atoms with Crippen molar-refractivity contribution in [3.63, 3.8) is 0 Å². The van der Waals surface area contributed by atoms with E-state index >= 15 is 0 Å². The minimum Gasteiger partial charge on any atom is -0.367 e. The molecule has 1 unspecified atom stereocenters. The minimum absolute atomic E-state index is 0.726. The highest BCUT2D eigenvalue weighted by atomic mass is 35.5. The molecule has 1 atom stereocenters. The lowest BCUT2D eigenvalue weighted by atomic mass is 9.95. The maximum absolute atomic E-state index is 6.59. The fraction of sp³-hybridized carbons (Fsp3) is 0.667. The molecule has 1 aliphatic carbocycles. The Morgan fingerprint density at radius 2 is 2.00 bits per heavy atom. The van der Waals surface area contributed by atoms with E-state index in [1.807, 2.05) is 0 Å². The topological polar surface area (TPSA) is 15.3 Å². The fourth-order valence-electron chi connectivity index (χ4n) is 4.09. The van der Waals surface area contributed by atoms with Gasteiger partial charge in [-0.3, -0.25) is 0 Å². The summed E-state index contributed by atoms with van der Waals surface area (Å²) < 4.78 is 0. The zero-order valence-electron chi connectivity index (χ0n) is 13.1. The first-order chi connectivity index (χ1) is 10.3. The van der Waals surface area contributed by atoms with Gasteiger partial charge in [0.05, 0.1) is 10.7 Å². The lowest BCUT2D eigenvalue weighted by Crippen LogP contribution is -2.34. The molecule has 1 N–H and O–H groups in total. The number of rotatable bonds is 5. The van der Waals surface area contributed by atoms with E-state index in [9.17, 15) is 0 Å². The van der Waals surface area contributed by atoms with E-state index in [4.69, 9.17) is 11.6 Å². The van der Waals surface area contributed by atoms with E-state index < -0.39 is 0 Å². The fourth-order valence-corrected chi connectivity index (χ4v) is 4.40. The first-order valence-corrected chi connectivity index (χ1v) is 8.93. The highest BCUT2D eigenvalue weighted by Crippen LogP contribution is 2.40. The predicted molar refractivity (Wildman–Crippen MR) is 91.2 cm³/mol. The highest BCUT2D eigenvalue weighted by molar-refractivity contribution is 6.33. The van der Waals surface area contributed by atoms with Crippen molar-refractivity contribution in [2.45, 2.75) is 58.0 Å². The smallest absolute Gasteiger partial charge is 0.0642 e.